The average Bonchev–Trinajstić information content (AvgIpc) is 2.40. The van der Waals surface area contributed by atoms with Gasteiger partial charge in [-0.25, -0.2) is 9.59 Å². The zero-order valence-electron chi connectivity index (χ0n) is 16.7. The summed E-state index contributed by atoms with van der Waals surface area (Å²) in [5.41, 5.74) is 0. The van der Waals surface area contributed by atoms with Gasteiger partial charge in [-0.05, 0) is 11.7 Å². The van der Waals surface area contributed by atoms with Gasteiger partial charge in [0.25, 0.3) is 0 Å². The minimum atomic E-state index is -1.26. The minimum absolute atomic E-state index is 0. The fourth-order valence-electron chi connectivity index (χ4n) is 1.72. The van der Waals surface area contributed by atoms with Gasteiger partial charge in [0, 0.05) is 31.6 Å². The van der Waals surface area contributed by atoms with Crippen LogP contribution in [0.1, 0.15) is 74.5 Å². The van der Waals surface area contributed by atoms with E-state index in [9.17, 15) is 9.59 Å². The van der Waals surface area contributed by atoms with E-state index >= 15 is 0 Å². The van der Waals surface area contributed by atoms with Crippen LogP contribution in [0.2, 0.25) is 0 Å². The third-order valence-corrected chi connectivity index (χ3v) is 3.10. The Morgan fingerprint density at radius 3 is 1.61 bits per heavy atom. The maximum absolute atomic E-state index is 9.55. The zero-order chi connectivity index (χ0) is 16.5. The Morgan fingerprint density at radius 1 is 0.957 bits per heavy atom. The molecule has 0 radical (unpaired) electrons. The smallest absolute Gasteiger partial charge is 1.00 e. The molecular formula is C16H32CaO4SZn. The van der Waals surface area contributed by atoms with Crippen molar-refractivity contribution in [2.75, 3.05) is 0 Å². The van der Waals surface area contributed by atoms with Gasteiger partial charge in [0.05, 0.1) is 0 Å². The van der Waals surface area contributed by atoms with Crippen molar-refractivity contribution in [3.63, 3.8) is 0 Å². The molecule has 7 heteroatoms. The topological polar surface area (TPSA) is 74.6 Å². The molecule has 0 amide bonds. The van der Waals surface area contributed by atoms with Crippen molar-refractivity contribution in [1.82, 2.24) is 0 Å². The predicted molar refractivity (Wildman–Crippen MR) is 98.1 cm³/mol. The van der Waals surface area contributed by atoms with Gasteiger partial charge < -0.3 is 13.1 Å². The van der Waals surface area contributed by atoms with Gasteiger partial charge in [-0.1, -0.05) is 65.2 Å². The number of hydrogen-bond donors (Lipinski definition) is 3. The molecule has 0 aliphatic heterocycles. The quantitative estimate of drug-likeness (QED) is 0.198. The summed E-state index contributed by atoms with van der Waals surface area (Å²) in [6.07, 6.45) is 13.7. The number of unbranched alkanes of at least 4 members (excludes halogenated alkanes) is 7. The SMILES string of the molecule is CCCCCCCCCCC(C)S.O=C(O)/C=C\C(=O)O.[Ca+2].[H-].[H-].[Zn]. The Hall–Kier alpha value is 0.913. The van der Waals surface area contributed by atoms with E-state index in [-0.39, 0.29) is 60.1 Å². The van der Waals surface area contributed by atoms with Crippen LogP contribution in [0.15, 0.2) is 12.2 Å². The third-order valence-electron chi connectivity index (χ3n) is 2.84. The summed E-state index contributed by atoms with van der Waals surface area (Å²) in [6, 6.07) is 0. The third kappa shape index (κ3) is 39.6. The summed E-state index contributed by atoms with van der Waals surface area (Å²) in [7, 11) is 0. The minimum Gasteiger partial charge on any atom is -1.00 e. The molecule has 0 saturated heterocycles. The van der Waals surface area contributed by atoms with E-state index in [1.165, 1.54) is 57.8 Å². The molecule has 1 atom stereocenters. The summed E-state index contributed by atoms with van der Waals surface area (Å²) in [6.45, 7) is 4.46. The number of carboxylic acid groups (broad SMARTS) is 2. The molecule has 4 nitrogen and oxygen atoms in total. The number of hydrogen-bond acceptors (Lipinski definition) is 3. The Bertz CT molecular complexity index is 294. The molecule has 0 aromatic heterocycles. The van der Waals surface area contributed by atoms with Crippen molar-refractivity contribution in [3.05, 3.63) is 12.2 Å². The Balaban J connectivity index is -0.0000000671. The van der Waals surface area contributed by atoms with Gasteiger partial charge >= 0.3 is 49.7 Å². The number of rotatable bonds is 11. The normalized spacial score (nSPS) is 10.7. The molecule has 0 aliphatic carbocycles. The second-order valence-corrected chi connectivity index (χ2v) is 6.00. The monoisotopic (exact) mass is 424 g/mol. The Labute approximate surface area is 192 Å². The molecule has 0 aromatic carbocycles. The van der Waals surface area contributed by atoms with Gasteiger partial charge in [0.1, 0.15) is 0 Å². The van der Waals surface area contributed by atoms with Crippen LogP contribution in [0.3, 0.4) is 0 Å². The van der Waals surface area contributed by atoms with E-state index in [2.05, 4.69) is 26.5 Å². The Kier molecular flexibility index (Phi) is 34.6. The molecule has 0 fully saturated rings. The molecule has 0 aliphatic rings. The molecule has 0 saturated carbocycles. The van der Waals surface area contributed by atoms with Crippen molar-refractivity contribution >= 4 is 62.3 Å². The first-order valence-corrected chi connectivity index (χ1v) is 8.23. The maximum Gasteiger partial charge on any atom is 2.00 e. The number of carbonyl (C=O) groups is 2. The van der Waals surface area contributed by atoms with Crippen molar-refractivity contribution in [2.24, 2.45) is 0 Å². The Morgan fingerprint density at radius 2 is 1.30 bits per heavy atom. The molecule has 0 rings (SSSR count). The molecule has 23 heavy (non-hydrogen) atoms. The van der Waals surface area contributed by atoms with Crippen molar-refractivity contribution in [2.45, 2.75) is 76.9 Å². The summed E-state index contributed by atoms with van der Waals surface area (Å²) < 4.78 is 0. The van der Waals surface area contributed by atoms with E-state index in [0.29, 0.717) is 17.4 Å². The van der Waals surface area contributed by atoms with E-state index < -0.39 is 11.9 Å². The second-order valence-electron chi connectivity index (χ2n) is 5.12. The summed E-state index contributed by atoms with van der Waals surface area (Å²) in [5.74, 6) is -2.51. The number of thiol groups is 1. The summed E-state index contributed by atoms with van der Waals surface area (Å²) in [4.78, 5) is 19.1. The van der Waals surface area contributed by atoms with Crippen LogP contribution in [-0.4, -0.2) is 65.1 Å². The van der Waals surface area contributed by atoms with E-state index in [1.54, 1.807) is 0 Å². The fraction of sp³-hybridized carbons (Fsp3) is 0.750. The van der Waals surface area contributed by atoms with Crippen LogP contribution in [-0.2, 0) is 29.1 Å². The van der Waals surface area contributed by atoms with Crippen molar-refractivity contribution in [1.29, 1.82) is 0 Å². The van der Waals surface area contributed by atoms with E-state index in [4.69, 9.17) is 10.2 Å². The predicted octanol–water partition coefficient (Wildman–Crippen LogP) is 4.39. The van der Waals surface area contributed by atoms with Gasteiger partial charge in [-0.2, -0.15) is 12.6 Å². The molecule has 2 N–H and O–H groups in total. The summed E-state index contributed by atoms with van der Waals surface area (Å²) in [5, 5.41) is 16.2. The van der Waals surface area contributed by atoms with Crippen LogP contribution in [0.25, 0.3) is 0 Å². The standard InChI is InChI=1S/C12H26S.C4H4O4.Ca.Zn.2H/c1-3-4-5-6-7-8-9-10-11-12(2)13;5-3(6)1-2-4(7)8;;;;/h12-13H,3-11H2,1-2H3;1-2H,(H,5,6)(H,7,8);;;;/q;;+2;;2*-1/b;2-1-;;;;. The van der Waals surface area contributed by atoms with Crippen LogP contribution >= 0.6 is 12.6 Å². The van der Waals surface area contributed by atoms with Crippen LogP contribution in [0, 0.1) is 0 Å². The molecule has 0 aromatic rings. The number of carboxylic acids is 2. The molecule has 0 bridgehead atoms. The molecule has 0 spiro atoms. The molecule has 1 unspecified atom stereocenters. The second kappa shape index (κ2) is 25.2. The first-order chi connectivity index (χ1) is 9.90. The van der Waals surface area contributed by atoms with E-state index in [1.807, 2.05) is 0 Å². The molecular weight excluding hydrogens is 394 g/mol. The van der Waals surface area contributed by atoms with Crippen molar-refractivity contribution in [3.8, 4) is 0 Å². The zero-order valence-corrected chi connectivity index (χ0v) is 20.7. The van der Waals surface area contributed by atoms with Gasteiger partial charge in [0.2, 0.25) is 0 Å². The average molecular weight is 426 g/mol. The maximum atomic E-state index is 9.55. The first kappa shape index (κ1) is 31.7. The van der Waals surface area contributed by atoms with Crippen molar-refractivity contribution < 1.29 is 42.1 Å². The van der Waals surface area contributed by atoms with Crippen LogP contribution < -0.4 is 0 Å². The summed E-state index contributed by atoms with van der Waals surface area (Å²) >= 11 is 4.37. The van der Waals surface area contributed by atoms with Crippen LogP contribution in [0.5, 0.6) is 0 Å². The molecule has 0 heterocycles. The molecule has 130 valence electrons. The largest absolute Gasteiger partial charge is 2.00 e. The van der Waals surface area contributed by atoms with Crippen LogP contribution in [0.4, 0.5) is 0 Å². The first-order valence-electron chi connectivity index (χ1n) is 7.72. The van der Waals surface area contributed by atoms with Gasteiger partial charge in [0.15, 0.2) is 0 Å². The van der Waals surface area contributed by atoms with Gasteiger partial charge in [-0.15, -0.1) is 0 Å². The number of aliphatic carboxylic acids is 2. The van der Waals surface area contributed by atoms with Gasteiger partial charge in [-0.3, -0.25) is 0 Å². The van der Waals surface area contributed by atoms with E-state index in [0.717, 1.165) is 0 Å². The fourth-order valence-corrected chi connectivity index (χ4v) is 1.90.